The van der Waals surface area contributed by atoms with Crippen molar-refractivity contribution in [3.63, 3.8) is 0 Å². The van der Waals surface area contributed by atoms with E-state index in [1.165, 1.54) is 6.08 Å². The van der Waals surface area contributed by atoms with Crippen molar-refractivity contribution in [3.8, 4) is 0 Å². The van der Waals surface area contributed by atoms with Crippen LogP contribution in [0.25, 0.3) is 6.08 Å². The number of halogens is 1. The lowest BCUT2D eigenvalue weighted by atomic mass is 10.2. The highest BCUT2D eigenvalue weighted by molar-refractivity contribution is 7.98. The summed E-state index contributed by atoms with van der Waals surface area (Å²) in [6.45, 7) is 0.291. The highest BCUT2D eigenvalue weighted by Crippen LogP contribution is 2.20. The van der Waals surface area contributed by atoms with Gasteiger partial charge in [-0.1, -0.05) is 47.6 Å². The predicted molar refractivity (Wildman–Crippen MR) is 107 cm³/mol. The number of amides is 1. The molecule has 1 N–H and O–H groups in total. The summed E-state index contributed by atoms with van der Waals surface area (Å²) < 4.78 is 1.87. The van der Waals surface area contributed by atoms with Gasteiger partial charge in [0, 0.05) is 30.1 Å². The topological polar surface area (TPSA) is 72.7 Å². The van der Waals surface area contributed by atoms with Crippen LogP contribution in [0.2, 0.25) is 5.02 Å². The van der Waals surface area contributed by atoms with Gasteiger partial charge in [-0.05, 0) is 29.8 Å². The van der Waals surface area contributed by atoms with Gasteiger partial charge in [-0.25, -0.2) is 0 Å². The summed E-state index contributed by atoms with van der Waals surface area (Å²) in [4.78, 5) is 16.3. The number of thioether (sulfide) groups is 1. The van der Waals surface area contributed by atoms with Crippen LogP contribution in [0.5, 0.6) is 0 Å². The molecule has 2 aromatic heterocycles. The summed E-state index contributed by atoms with van der Waals surface area (Å²) in [5.41, 5.74) is 1.77. The predicted octanol–water partition coefficient (Wildman–Crippen LogP) is 3.49. The molecule has 1 amide bonds. The molecule has 8 heteroatoms. The summed E-state index contributed by atoms with van der Waals surface area (Å²) in [5, 5.41) is 12.5. The maximum Gasteiger partial charge on any atom is 0.244 e. The Morgan fingerprint density at radius 2 is 2.04 bits per heavy atom. The highest BCUT2D eigenvalue weighted by atomic mass is 35.5. The minimum absolute atomic E-state index is 0.222. The highest BCUT2D eigenvalue weighted by Gasteiger charge is 2.10. The number of nitrogens with one attached hydrogen (secondary N) is 1. The first kappa shape index (κ1) is 19.1. The van der Waals surface area contributed by atoms with Crippen LogP contribution in [0.1, 0.15) is 17.1 Å². The van der Waals surface area contributed by atoms with Gasteiger partial charge in [-0.2, -0.15) is 0 Å². The zero-order valence-corrected chi connectivity index (χ0v) is 16.2. The van der Waals surface area contributed by atoms with Crippen molar-refractivity contribution in [3.05, 3.63) is 76.8 Å². The maximum absolute atomic E-state index is 12.0. The third-order valence-electron chi connectivity index (χ3n) is 3.74. The van der Waals surface area contributed by atoms with Gasteiger partial charge in [0.2, 0.25) is 5.91 Å². The normalized spacial score (nSPS) is 11.0. The number of nitrogens with zero attached hydrogens (tertiary/aromatic N) is 4. The molecule has 1 aromatic carbocycles. The summed E-state index contributed by atoms with van der Waals surface area (Å²) in [6.07, 6.45) is 4.90. The molecular formula is C19H18ClN5OS. The van der Waals surface area contributed by atoms with Crippen molar-refractivity contribution in [2.24, 2.45) is 7.05 Å². The van der Waals surface area contributed by atoms with E-state index >= 15 is 0 Å². The van der Waals surface area contributed by atoms with Crippen molar-refractivity contribution in [2.75, 3.05) is 0 Å². The molecule has 0 aliphatic carbocycles. The van der Waals surface area contributed by atoms with E-state index in [1.807, 2.05) is 48.0 Å². The lowest BCUT2D eigenvalue weighted by molar-refractivity contribution is -0.116. The first-order valence-electron chi connectivity index (χ1n) is 8.25. The average molecular weight is 400 g/mol. The van der Waals surface area contributed by atoms with Crippen LogP contribution in [0.4, 0.5) is 0 Å². The van der Waals surface area contributed by atoms with Gasteiger partial charge in [0.25, 0.3) is 0 Å². The van der Waals surface area contributed by atoms with Gasteiger partial charge in [-0.15, -0.1) is 10.2 Å². The second kappa shape index (κ2) is 9.34. The monoisotopic (exact) mass is 399 g/mol. The molecule has 0 aliphatic rings. The average Bonchev–Trinajstić information content (AvgIpc) is 3.04. The minimum atomic E-state index is -0.222. The molecule has 0 bridgehead atoms. The fraction of sp³-hybridized carbons (Fsp3) is 0.158. The zero-order chi connectivity index (χ0) is 19.1. The molecule has 2 heterocycles. The Labute approximate surface area is 166 Å². The number of hydrogen-bond acceptors (Lipinski definition) is 5. The zero-order valence-electron chi connectivity index (χ0n) is 14.7. The molecule has 0 unspecified atom stereocenters. The van der Waals surface area contributed by atoms with E-state index in [0.717, 1.165) is 16.4 Å². The lowest BCUT2D eigenvalue weighted by Crippen LogP contribution is -2.22. The number of aromatic nitrogens is 4. The fourth-order valence-electron chi connectivity index (χ4n) is 2.25. The van der Waals surface area contributed by atoms with Crippen LogP contribution in [0.15, 0.2) is 59.9 Å². The van der Waals surface area contributed by atoms with Gasteiger partial charge in [0.05, 0.1) is 12.2 Å². The quantitative estimate of drug-likeness (QED) is 0.486. The summed E-state index contributed by atoms with van der Waals surface area (Å²) >= 11 is 7.62. The summed E-state index contributed by atoms with van der Waals surface area (Å²) in [7, 11) is 1.88. The van der Waals surface area contributed by atoms with Crippen molar-refractivity contribution in [2.45, 2.75) is 17.5 Å². The van der Waals surface area contributed by atoms with Gasteiger partial charge in [0.1, 0.15) is 0 Å². The first-order valence-corrected chi connectivity index (χ1v) is 9.61. The Morgan fingerprint density at radius 3 is 2.81 bits per heavy atom. The molecule has 0 radical (unpaired) electrons. The fourth-order valence-corrected chi connectivity index (χ4v) is 3.29. The number of carbonyl (C=O) groups excluding carboxylic acids is 1. The molecule has 0 saturated heterocycles. The summed E-state index contributed by atoms with van der Waals surface area (Å²) in [5.74, 6) is 1.17. The van der Waals surface area contributed by atoms with Crippen molar-refractivity contribution in [1.29, 1.82) is 0 Å². The van der Waals surface area contributed by atoms with E-state index in [-0.39, 0.29) is 5.91 Å². The Balaban J connectivity index is 1.53. The number of hydrogen-bond donors (Lipinski definition) is 1. The molecule has 6 nitrogen and oxygen atoms in total. The molecule has 27 heavy (non-hydrogen) atoms. The Hall–Kier alpha value is -2.64. The molecule has 0 aliphatic heterocycles. The third-order valence-corrected chi connectivity index (χ3v) is 5.14. The van der Waals surface area contributed by atoms with Crippen molar-refractivity contribution >= 4 is 35.3 Å². The standard InChI is InChI=1S/C19H18ClN5OS/c1-25-17(23-24-19(25)27-13-15-7-4-5-11-21-15)12-22-18(26)10-9-14-6-2-3-8-16(14)20/h2-11H,12-13H2,1H3,(H,22,26). The van der Waals surface area contributed by atoms with Crippen molar-refractivity contribution in [1.82, 2.24) is 25.1 Å². The van der Waals surface area contributed by atoms with E-state index in [4.69, 9.17) is 11.6 Å². The molecule has 0 fully saturated rings. The van der Waals surface area contributed by atoms with E-state index in [0.29, 0.717) is 23.1 Å². The number of pyridine rings is 1. The second-order valence-electron chi connectivity index (χ2n) is 5.64. The molecule has 3 aromatic rings. The molecule has 0 spiro atoms. The Morgan fingerprint density at radius 1 is 1.22 bits per heavy atom. The summed E-state index contributed by atoms with van der Waals surface area (Å²) in [6, 6.07) is 13.1. The second-order valence-corrected chi connectivity index (χ2v) is 6.99. The first-order chi connectivity index (χ1) is 13.1. The van der Waals surface area contributed by atoms with Crippen molar-refractivity contribution < 1.29 is 4.79 Å². The van der Waals surface area contributed by atoms with E-state index < -0.39 is 0 Å². The number of benzene rings is 1. The van der Waals surface area contributed by atoms with Crippen LogP contribution < -0.4 is 5.32 Å². The molecule has 138 valence electrons. The van der Waals surface area contributed by atoms with Crippen LogP contribution in [0, 0.1) is 0 Å². The smallest absolute Gasteiger partial charge is 0.244 e. The van der Waals surface area contributed by atoms with Crippen LogP contribution in [-0.2, 0) is 24.1 Å². The van der Waals surface area contributed by atoms with Crippen LogP contribution in [-0.4, -0.2) is 25.7 Å². The Bertz CT molecular complexity index is 942. The number of rotatable bonds is 7. The SMILES string of the molecule is Cn1c(CNC(=O)C=Cc2ccccc2Cl)nnc1SCc1ccccn1. The maximum atomic E-state index is 12.0. The lowest BCUT2D eigenvalue weighted by Gasteiger charge is -2.04. The molecule has 0 saturated carbocycles. The van der Waals surface area contributed by atoms with Gasteiger partial charge >= 0.3 is 0 Å². The van der Waals surface area contributed by atoms with E-state index in [1.54, 1.807) is 30.1 Å². The molecule has 3 rings (SSSR count). The van der Waals surface area contributed by atoms with Gasteiger partial charge in [0.15, 0.2) is 11.0 Å². The largest absolute Gasteiger partial charge is 0.345 e. The third kappa shape index (κ3) is 5.42. The van der Waals surface area contributed by atoms with E-state index in [2.05, 4.69) is 20.5 Å². The van der Waals surface area contributed by atoms with Crippen LogP contribution >= 0.6 is 23.4 Å². The minimum Gasteiger partial charge on any atom is -0.345 e. The van der Waals surface area contributed by atoms with Gasteiger partial charge in [-0.3, -0.25) is 9.78 Å². The Kier molecular flexibility index (Phi) is 6.62. The van der Waals surface area contributed by atoms with E-state index in [9.17, 15) is 4.79 Å². The van der Waals surface area contributed by atoms with Gasteiger partial charge < -0.3 is 9.88 Å². The molecular weight excluding hydrogens is 382 g/mol. The number of carbonyl (C=O) groups is 1. The van der Waals surface area contributed by atoms with Crippen LogP contribution in [0.3, 0.4) is 0 Å². The molecule has 0 atom stereocenters.